The van der Waals surface area contributed by atoms with Crippen molar-refractivity contribution in [3.63, 3.8) is 0 Å². The van der Waals surface area contributed by atoms with Crippen molar-refractivity contribution in [2.75, 3.05) is 14.2 Å². The van der Waals surface area contributed by atoms with Gasteiger partial charge >= 0.3 is 0 Å². The van der Waals surface area contributed by atoms with Crippen LogP contribution in [-0.2, 0) is 5.54 Å². The zero-order valence-corrected chi connectivity index (χ0v) is 8.84. The molecule has 15 heavy (non-hydrogen) atoms. The van der Waals surface area contributed by atoms with Crippen LogP contribution in [0.15, 0.2) is 12.1 Å². The van der Waals surface area contributed by atoms with Crippen molar-refractivity contribution in [2.24, 2.45) is 5.73 Å². The minimum atomic E-state index is -0.430. The molecule has 4 heteroatoms. The number of nitrogens with two attached hydrogens (primary N) is 1. The summed E-state index contributed by atoms with van der Waals surface area (Å²) in [4.78, 5) is 0. The summed E-state index contributed by atoms with van der Waals surface area (Å²) in [6, 6.07) is 2.72. The van der Waals surface area contributed by atoms with Crippen molar-refractivity contribution in [1.29, 1.82) is 0 Å². The zero-order chi connectivity index (χ0) is 11.1. The van der Waals surface area contributed by atoms with Crippen molar-refractivity contribution in [3.8, 4) is 11.5 Å². The van der Waals surface area contributed by atoms with E-state index in [2.05, 4.69) is 0 Å². The lowest BCUT2D eigenvalue weighted by Crippen LogP contribution is -2.20. The molecule has 1 saturated carbocycles. The van der Waals surface area contributed by atoms with Gasteiger partial charge in [-0.3, -0.25) is 0 Å². The minimum Gasteiger partial charge on any atom is -0.493 e. The summed E-state index contributed by atoms with van der Waals surface area (Å²) < 4.78 is 23.6. The molecule has 0 spiro atoms. The normalized spacial score (nSPS) is 17.3. The van der Waals surface area contributed by atoms with E-state index in [0.717, 1.165) is 12.8 Å². The predicted molar refractivity (Wildman–Crippen MR) is 54.6 cm³/mol. The molecule has 2 N–H and O–H groups in total. The summed E-state index contributed by atoms with van der Waals surface area (Å²) in [6.07, 6.45) is 1.71. The lowest BCUT2D eigenvalue weighted by molar-refractivity contribution is 0.345. The van der Waals surface area contributed by atoms with E-state index >= 15 is 0 Å². The molecule has 0 atom stereocenters. The summed E-state index contributed by atoms with van der Waals surface area (Å²) >= 11 is 0. The third kappa shape index (κ3) is 1.65. The second-order valence-corrected chi connectivity index (χ2v) is 3.84. The summed E-state index contributed by atoms with van der Waals surface area (Å²) in [5.41, 5.74) is 6.30. The van der Waals surface area contributed by atoms with Crippen LogP contribution >= 0.6 is 0 Å². The monoisotopic (exact) mass is 211 g/mol. The van der Waals surface area contributed by atoms with Gasteiger partial charge in [0.2, 0.25) is 0 Å². The first-order valence-corrected chi connectivity index (χ1v) is 4.81. The average Bonchev–Trinajstić information content (AvgIpc) is 2.96. The van der Waals surface area contributed by atoms with Gasteiger partial charge in [0.05, 0.1) is 14.2 Å². The van der Waals surface area contributed by atoms with Gasteiger partial charge in [-0.25, -0.2) is 4.39 Å². The molecule has 1 aliphatic rings. The fourth-order valence-corrected chi connectivity index (χ4v) is 1.70. The van der Waals surface area contributed by atoms with Crippen molar-refractivity contribution in [2.45, 2.75) is 18.4 Å². The van der Waals surface area contributed by atoms with E-state index in [1.165, 1.54) is 26.4 Å². The van der Waals surface area contributed by atoms with Gasteiger partial charge < -0.3 is 15.2 Å². The zero-order valence-electron chi connectivity index (χ0n) is 8.84. The smallest absolute Gasteiger partial charge is 0.165 e. The maximum Gasteiger partial charge on any atom is 0.165 e. The standard InChI is InChI=1S/C11H14FNO2/c1-14-9-6-7(12)5-8(10(9)15-2)11(13)3-4-11/h5-6H,3-4,13H2,1-2H3. The molecule has 1 aromatic rings. The van der Waals surface area contributed by atoms with Crippen LogP contribution in [0.1, 0.15) is 18.4 Å². The molecule has 1 aliphatic carbocycles. The fourth-order valence-electron chi connectivity index (χ4n) is 1.70. The number of hydrogen-bond acceptors (Lipinski definition) is 3. The summed E-state index contributed by atoms with van der Waals surface area (Å²) in [5.74, 6) is 0.586. The van der Waals surface area contributed by atoms with Gasteiger partial charge in [-0.15, -0.1) is 0 Å². The Morgan fingerprint density at radius 2 is 1.93 bits per heavy atom. The second kappa shape index (κ2) is 3.38. The maximum absolute atomic E-state index is 13.3. The molecule has 1 aromatic carbocycles. The molecule has 3 nitrogen and oxygen atoms in total. The van der Waals surface area contributed by atoms with E-state index in [0.29, 0.717) is 17.1 Å². The molecular formula is C11H14FNO2. The van der Waals surface area contributed by atoms with E-state index < -0.39 is 5.54 Å². The number of hydrogen-bond donors (Lipinski definition) is 1. The Morgan fingerprint density at radius 3 is 2.40 bits per heavy atom. The fraction of sp³-hybridized carbons (Fsp3) is 0.455. The molecule has 1 fully saturated rings. The Kier molecular flexibility index (Phi) is 2.31. The van der Waals surface area contributed by atoms with Gasteiger partial charge in [-0.1, -0.05) is 0 Å². The van der Waals surface area contributed by atoms with Gasteiger partial charge in [0.15, 0.2) is 11.5 Å². The van der Waals surface area contributed by atoms with Crippen LogP contribution in [-0.4, -0.2) is 14.2 Å². The average molecular weight is 211 g/mol. The third-order valence-electron chi connectivity index (χ3n) is 2.77. The minimum absolute atomic E-state index is 0.348. The van der Waals surface area contributed by atoms with Crippen molar-refractivity contribution in [3.05, 3.63) is 23.5 Å². The van der Waals surface area contributed by atoms with Gasteiger partial charge in [0.1, 0.15) is 5.82 Å². The molecule has 0 aromatic heterocycles. The molecule has 0 aliphatic heterocycles. The highest BCUT2D eigenvalue weighted by Crippen LogP contribution is 2.49. The highest BCUT2D eigenvalue weighted by molar-refractivity contribution is 5.52. The molecule has 0 radical (unpaired) electrons. The number of benzene rings is 1. The highest BCUT2D eigenvalue weighted by atomic mass is 19.1. The van der Waals surface area contributed by atoms with Crippen LogP contribution < -0.4 is 15.2 Å². The quantitative estimate of drug-likeness (QED) is 0.829. The van der Waals surface area contributed by atoms with E-state index in [-0.39, 0.29) is 5.82 Å². The van der Waals surface area contributed by atoms with Crippen molar-refractivity contribution in [1.82, 2.24) is 0 Å². The number of rotatable bonds is 3. The molecule has 0 amide bonds. The Bertz CT molecular complexity index is 388. The lowest BCUT2D eigenvalue weighted by atomic mass is 10.0. The Balaban J connectivity index is 2.56. The van der Waals surface area contributed by atoms with Crippen molar-refractivity contribution < 1.29 is 13.9 Å². The van der Waals surface area contributed by atoms with Crippen LogP contribution in [0.2, 0.25) is 0 Å². The Morgan fingerprint density at radius 1 is 1.27 bits per heavy atom. The molecule has 0 saturated heterocycles. The van der Waals surface area contributed by atoms with Gasteiger partial charge in [0.25, 0.3) is 0 Å². The SMILES string of the molecule is COc1cc(F)cc(C2(N)CC2)c1OC. The van der Waals surface area contributed by atoms with Gasteiger partial charge in [-0.2, -0.15) is 0 Å². The van der Waals surface area contributed by atoms with E-state index in [4.69, 9.17) is 15.2 Å². The molecule has 0 bridgehead atoms. The number of methoxy groups -OCH3 is 2. The van der Waals surface area contributed by atoms with Crippen molar-refractivity contribution >= 4 is 0 Å². The summed E-state index contributed by atoms with van der Waals surface area (Å²) in [7, 11) is 3.02. The van der Waals surface area contributed by atoms with E-state index in [1.54, 1.807) is 0 Å². The Labute approximate surface area is 88.0 Å². The topological polar surface area (TPSA) is 44.5 Å². The predicted octanol–water partition coefficient (Wildman–Crippen LogP) is 1.79. The molecule has 0 unspecified atom stereocenters. The number of ether oxygens (including phenoxy) is 2. The Hall–Kier alpha value is -1.29. The van der Waals surface area contributed by atoms with Crippen LogP contribution in [0.25, 0.3) is 0 Å². The molecule has 2 rings (SSSR count). The molecule has 0 heterocycles. The highest BCUT2D eigenvalue weighted by Gasteiger charge is 2.43. The first-order chi connectivity index (χ1) is 7.10. The first kappa shape index (κ1) is 10.2. The largest absolute Gasteiger partial charge is 0.493 e. The first-order valence-electron chi connectivity index (χ1n) is 4.81. The van der Waals surface area contributed by atoms with Crippen LogP contribution in [0.3, 0.4) is 0 Å². The summed E-state index contributed by atoms with van der Waals surface area (Å²) in [6.45, 7) is 0. The van der Waals surface area contributed by atoms with Crippen LogP contribution in [0.4, 0.5) is 4.39 Å². The van der Waals surface area contributed by atoms with Crippen LogP contribution in [0.5, 0.6) is 11.5 Å². The second-order valence-electron chi connectivity index (χ2n) is 3.84. The summed E-state index contributed by atoms with van der Waals surface area (Å²) in [5, 5.41) is 0. The molecular weight excluding hydrogens is 197 g/mol. The lowest BCUT2D eigenvalue weighted by Gasteiger charge is -2.17. The maximum atomic E-state index is 13.3. The molecule has 82 valence electrons. The number of halogens is 1. The van der Waals surface area contributed by atoms with Crippen LogP contribution in [0, 0.1) is 5.82 Å². The third-order valence-corrected chi connectivity index (χ3v) is 2.77. The van der Waals surface area contributed by atoms with Gasteiger partial charge in [-0.05, 0) is 18.9 Å². The van der Waals surface area contributed by atoms with E-state index in [9.17, 15) is 4.39 Å². The van der Waals surface area contributed by atoms with Gasteiger partial charge in [0, 0.05) is 17.2 Å². The van der Waals surface area contributed by atoms with E-state index in [1.807, 2.05) is 0 Å².